The van der Waals surface area contributed by atoms with E-state index in [9.17, 15) is 0 Å². The number of nitrogens with one attached hydrogen (secondary N) is 1. The highest BCUT2D eigenvalue weighted by Gasteiger charge is 2.08. The summed E-state index contributed by atoms with van der Waals surface area (Å²) in [6, 6.07) is 9.36. The predicted octanol–water partition coefficient (Wildman–Crippen LogP) is 2.47. The summed E-state index contributed by atoms with van der Waals surface area (Å²) in [6.07, 6.45) is 0. The monoisotopic (exact) mass is 288 g/mol. The van der Waals surface area contributed by atoms with Crippen molar-refractivity contribution in [2.24, 2.45) is 0 Å². The van der Waals surface area contributed by atoms with E-state index in [1.54, 1.807) is 18.7 Å². The van der Waals surface area contributed by atoms with Crippen molar-refractivity contribution >= 4 is 17.9 Å². The average molecular weight is 288 g/mol. The van der Waals surface area contributed by atoms with Crippen LogP contribution in [0.25, 0.3) is 16.9 Å². The van der Waals surface area contributed by atoms with Gasteiger partial charge in [0.1, 0.15) is 0 Å². The van der Waals surface area contributed by atoms with E-state index in [2.05, 4.69) is 15.3 Å². The van der Waals surface area contributed by atoms with Crippen molar-refractivity contribution < 1.29 is 9.47 Å². The van der Waals surface area contributed by atoms with Gasteiger partial charge in [0.2, 0.25) is 4.77 Å². The summed E-state index contributed by atoms with van der Waals surface area (Å²) in [6.45, 7) is 0. The summed E-state index contributed by atoms with van der Waals surface area (Å²) in [7, 11) is 3.21. The van der Waals surface area contributed by atoms with Gasteiger partial charge in [-0.3, -0.25) is 0 Å². The fourth-order valence-corrected chi connectivity index (χ4v) is 2.13. The standard InChI is InChI=1S/C13H12N4O2S/c1-18-10-5-3-8(7-11(10)19-2)9-4-6-12-14-15-13(20)17(12)16-9/h3-7H,1-2H3,(H,15,20). The molecule has 0 aliphatic heterocycles. The zero-order valence-corrected chi connectivity index (χ0v) is 11.8. The van der Waals surface area contributed by atoms with Crippen LogP contribution in [-0.2, 0) is 0 Å². The lowest BCUT2D eigenvalue weighted by atomic mass is 10.1. The van der Waals surface area contributed by atoms with E-state index in [4.69, 9.17) is 21.7 Å². The van der Waals surface area contributed by atoms with Crippen LogP contribution in [0, 0.1) is 4.77 Å². The maximum Gasteiger partial charge on any atom is 0.216 e. The van der Waals surface area contributed by atoms with Gasteiger partial charge in [-0.1, -0.05) is 0 Å². The summed E-state index contributed by atoms with van der Waals surface area (Å²) in [5.41, 5.74) is 2.36. The maximum atomic E-state index is 5.30. The number of H-pyrrole nitrogens is 1. The first-order chi connectivity index (χ1) is 9.72. The second kappa shape index (κ2) is 4.93. The normalized spacial score (nSPS) is 10.7. The summed E-state index contributed by atoms with van der Waals surface area (Å²) in [4.78, 5) is 0. The Balaban J connectivity index is 2.14. The van der Waals surface area contributed by atoms with Crippen molar-refractivity contribution in [3.63, 3.8) is 0 Å². The molecule has 0 saturated heterocycles. The number of ether oxygens (including phenoxy) is 2. The zero-order chi connectivity index (χ0) is 14.1. The van der Waals surface area contributed by atoms with Crippen LogP contribution in [0.2, 0.25) is 0 Å². The van der Waals surface area contributed by atoms with Gasteiger partial charge in [0.25, 0.3) is 0 Å². The number of methoxy groups -OCH3 is 2. The molecule has 0 amide bonds. The molecule has 6 nitrogen and oxygen atoms in total. The van der Waals surface area contributed by atoms with Crippen molar-refractivity contribution in [2.45, 2.75) is 0 Å². The molecule has 1 N–H and O–H groups in total. The third kappa shape index (κ3) is 2.01. The predicted molar refractivity (Wildman–Crippen MR) is 76.7 cm³/mol. The Bertz CT molecular complexity index is 825. The maximum absolute atomic E-state index is 5.30. The van der Waals surface area contributed by atoms with E-state index in [0.717, 1.165) is 11.3 Å². The Morgan fingerprint density at radius 3 is 2.65 bits per heavy atom. The first-order valence-corrected chi connectivity index (χ1v) is 6.30. The quantitative estimate of drug-likeness (QED) is 0.750. The van der Waals surface area contributed by atoms with Crippen LogP contribution in [0.4, 0.5) is 0 Å². The highest BCUT2D eigenvalue weighted by Crippen LogP contribution is 2.31. The number of benzene rings is 1. The number of hydrogen-bond acceptors (Lipinski definition) is 5. The van der Waals surface area contributed by atoms with Gasteiger partial charge >= 0.3 is 0 Å². The molecule has 2 aromatic heterocycles. The highest BCUT2D eigenvalue weighted by atomic mass is 32.1. The molecule has 0 bridgehead atoms. The summed E-state index contributed by atoms with van der Waals surface area (Å²) in [5, 5.41) is 11.2. The minimum absolute atomic E-state index is 0.460. The number of aromatic nitrogens is 4. The Morgan fingerprint density at radius 1 is 1.10 bits per heavy atom. The van der Waals surface area contributed by atoms with Gasteiger partial charge in [-0.05, 0) is 42.5 Å². The van der Waals surface area contributed by atoms with Gasteiger partial charge in [0.05, 0.1) is 19.9 Å². The number of rotatable bonds is 3. The fraction of sp³-hybridized carbons (Fsp3) is 0.154. The number of hydrogen-bond donors (Lipinski definition) is 1. The number of aromatic amines is 1. The summed E-state index contributed by atoms with van der Waals surface area (Å²) >= 11 is 5.12. The minimum atomic E-state index is 0.460. The molecule has 7 heteroatoms. The molecule has 0 unspecified atom stereocenters. The molecule has 3 rings (SSSR count). The minimum Gasteiger partial charge on any atom is -0.493 e. The van der Waals surface area contributed by atoms with Crippen molar-refractivity contribution in [3.8, 4) is 22.8 Å². The molecule has 3 aromatic rings. The first-order valence-electron chi connectivity index (χ1n) is 5.90. The van der Waals surface area contributed by atoms with Gasteiger partial charge in [0.15, 0.2) is 17.1 Å². The van der Waals surface area contributed by atoms with Crippen LogP contribution in [-0.4, -0.2) is 34.0 Å². The molecule has 102 valence electrons. The fourth-order valence-electron chi connectivity index (χ4n) is 1.95. The van der Waals surface area contributed by atoms with Crippen LogP contribution >= 0.6 is 12.2 Å². The third-order valence-electron chi connectivity index (χ3n) is 2.95. The lowest BCUT2D eigenvalue weighted by Gasteiger charge is -2.09. The van der Waals surface area contributed by atoms with E-state index < -0.39 is 0 Å². The van der Waals surface area contributed by atoms with Crippen LogP contribution in [0.5, 0.6) is 11.5 Å². The molecular formula is C13H12N4O2S. The van der Waals surface area contributed by atoms with Gasteiger partial charge in [-0.2, -0.15) is 14.7 Å². The molecular weight excluding hydrogens is 276 g/mol. The largest absolute Gasteiger partial charge is 0.493 e. The van der Waals surface area contributed by atoms with Crippen molar-refractivity contribution in [1.82, 2.24) is 19.8 Å². The topological polar surface area (TPSA) is 64.4 Å². The third-order valence-corrected chi connectivity index (χ3v) is 3.22. The van der Waals surface area contributed by atoms with Crippen molar-refractivity contribution in [3.05, 3.63) is 35.1 Å². The molecule has 0 fully saturated rings. The summed E-state index contributed by atoms with van der Waals surface area (Å²) < 4.78 is 12.6. The van der Waals surface area contributed by atoms with Crippen LogP contribution in [0.15, 0.2) is 30.3 Å². The second-order valence-electron chi connectivity index (χ2n) is 4.09. The summed E-state index contributed by atoms with van der Waals surface area (Å²) in [5.74, 6) is 1.33. The van der Waals surface area contributed by atoms with E-state index in [0.29, 0.717) is 21.9 Å². The van der Waals surface area contributed by atoms with Crippen LogP contribution < -0.4 is 9.47 Å². The molecule has 20 heavy (non-hydrogen) atoms. The molecule has 0 spiro atoms. The van der Waals surface area contributed by atoms with Crippen molar-refractivity contribution in [2.75, 3.05) is 14.2 Å². The lowest BCUT2D eigenvalue weighted by Crippen LogP contribution is -1.96. The van der Waals surface area contributed by atoms with Gasteiger partial charge in [-0.25, -0.2) is 5.10 Å². The SMILES string of the molecule is COc1ccc(-c2ccc3n[nH]c(=S)n3n2)cc1OC. The van der Waals surface area contributed by atoms with Gasteiger partial charge in [0, 0.05) is 5.56 Å². The van der Waals surface area contributed by atoms with Gasteiger partial charge < -0.3 is 9.47 Å². The van der Waals surface area contributed by atoms with Crippen LogP contribution in [0.3, 0.4) is 0 Å². The Labute approximate surface area is 120 Å². The average Bonchev–Trinajstić information content (AvgIpc) is 2.87. The molecule has 0 radical (unpaired) electrons. The molecule has 2 heterocycles. The van der Waals surface area contributed by atoms with Gasteiger partial charge in [-0.15, -0.1) is 0 Å². The lowest BCUT2D eigenvalue weighted by molar-refractivity contribution is 0.355. The Kier molecular flexibility index (Phi) is 3.11. The van der Waals surface area contributed by atoms with E-state index in [1.165, 1.54) is 0 Å². The molecule has 1 aromatic carbocycles. The van der Waals surface area contributed by atoms with E-state index in [-0.39, 0.29) is 0 Å². The second-order valence-corrected chi connectivity index (χ2v) is 4.47. The molecule has 0 saturated carbocycles. The highest BCUT2D eigenvalue weighted by molar-refractivity contribution is 7.71. The number of fused-ring (bicyclic) bond motifs is 1. The van der Waals surface area contributed by atoms with Crippen LogP contribution in [0.1, 0.15) is 0 Å². The Hall–Kier alpha value is -2.41. The van der Waals surface area contributed by atoms with E-state index >= 15 is 0 Å². The first kappa shape index (κ1) is 12.6. The zero-order valence-electron chi connectivity index (χ0n) is 11.0. The number of nitrogens with zero attached hydrogens (tertiary/aromatic N) is 3. The Morgan fingerprint density at radius 2 is 1.90 bits per heavy atom. The molecule has 0 atom stereocenters. The molecule has 0 aliphatic rings. The van der Waals surface area contributed by atoms with E-state index in [1.807, 2.05) is 30.3 Å². The molecule has 0 aliphatic carbocycles. The smallest absolute Gasteiger partial charge is 0.216 e. The van der Waals surface area contributed by atoms with Crippen molar-refractivity contribution in [1.29, 1.82) is 0 Å².